The summed E-state index contributed by atoms with van der Waals surface area (Å²) in [4.78, 5) is 10.9. The van der Waals surface area contributed by atoms with Crippen LogP contribution >= 0.6 is 0 Å². The molecule has 1 atom stereocenters. The Labute approximate surface area is 149 Å². The van der Waals surface area contributed by atoms with Crippen molar-refractivity contribution in [3.05, 3.63) is 60.2 Å². The molecule has 0 aromatic carbocycles. The van der Waals surface area contributed by atoms with Gasteiger partial charge in [-0.25, -0.2) is 0 Å². The maximum atomic E-state index is 6.20. The van der Waals surface area contributed by atoms with Crippen LogP contribution in [-0.4, -0.2) is 46.3 Å². The van der Waals surface area contributed by atoms with E-state index in [1.54, 1.807) is 0 Å². The second-order valence-electron chi connectivity index (χ2n) is 7.08. The van der Waals surface area contributed by atoms with Gasteiger partial charge in [-0.1, -0.05) is 6.07 Å². The maximum Gasteiger partial charge on any atom is 0.0892 e. The molecule has 5 nitrogen and oxygen atoms in total. The first-order chi connectivity index (χ1) is 12.3. The first-order valence-electron chi connectivity index (χ1n) is 9.08. The Balaban J connectivity index is 1.24. The van der Waals surface area contributed by atoms with Gasteiger partial charge in [0.2, 0.25) is 0 Å². The normalized spacial score (nSPS) is 23.1. The van der Waals surface area contributed by atoms with Crippen molar-refractivity contribution >= 4 is 0 Å². The highest BCUT2D eigenvalue weighted by molar-refractivity contribution is 5.10. The molecule has 2 fully saturated rings. The van der Waals surface area contributed by atoms with Gasteiger partial charge in [-0.05, 0) is 42.7 Å². The smallest absolute Gasteiger partial charge is 0.0892 e. The lowest BCUT2D eigenvalue weighted by molar-refractivity contribution is -0.0468. The van der Waals surface area contributed by atoms with E-state index in [0.29, 0.717) is 13.2 Å². The van der Waals surface area contributed by atoms with E-state index in [1.165, 1.54) is 5.56 Å². The Morgan fingerprint density at radius 1 is 1.12 bits per heavy atom. The molecule has 2 aliphatic heterocycles. The lowest BCUT2D eigenvalue weighted by Gasteiger charge is -2.38. The lowest BCUT2D eigenvalue weighted by atomic mass is 9.88. The molecule has 4 rings (SSSR count). The summed E-state index contributed by atoms with van der Waals surface area (Å²) in [5.41, 5.74) is 2.33. The fourth-order valence-corrected chi connectivity index (χ4v) is 3.81. The summed E-state index contributed by atoms with van der Waals surface area (Å²) in [6.07, 6.45) is 8.90. The van der Waals surface area contributed by atoms with Crippen LogP contribution in [0.5, 0.6) is 0 Å². The summed E-state index contributed by atoms with van der Waals surface area (Å²) < 4.78 is 12.2. The number of hydrogen-bond acceptors (Lipinski definition) is 5. The summed E-state index contributed by atoms with van der Waals surface area (Å²) in [6, 6.07) is 10.1. The summed E-state index contributed by atoms with van der Waals surface area (Å²) in [5, 5.41) is 0. The number of nitrogens with zero attached hydrogens (tertiary/aromatic N) is 3. The Morgan fingerprint density at radius 3 is 2.72 bits per heavy atom. The fourth-order valence-electron chi connectivity index (χ4n) is 3.81. The number of likely N-dealkylation sites (tertiary alicyclic amines) is 1. The second kappa shape index (κ2) is 7.60. The third kappa shape index (κ3) is 4.24. The first-order valence-corrected chi connectivity index (χ1v) is 9.08. The van der Waals surface area contributed by atoms with Crippen LogP contribution < -0.4 is 0 Å². The predicted molar refractivity (Wildman–Crippen MR) is 94.9 cm³/mol. The summed E-state index contributed by atoms with van der Waals surface area (Å²) in [5.74, 6) is 0. The maximum absolute atomic E-state index is 6.20. The van der Waals surface area contributed by atoms with Crippen molar-refractivity contribution in [2.45, 2.75) is 44.1 Å². The summed E-state index contributed by atoms with van der Waals surface area (Å²) >= 11 is 0. The molecular weight excluding hydrogens is 314 g/mol. The SMILES string of the molecule is c1ccc(COC2COC3(CCN(Cc4ccncc4)CC3)C2)nc1. The zero-order valence-corrected chi connectivity index (χ0v) is 14.5. The lowest BCUT2D eigenvalue weighted by Crippen LogP contribution is -2.43. The summed E-state index contributed by atoms with van der Waals surface area (Å²) in [6.45, 7) is 4.43. The van der Waals surface area contributed by atoms with Gasteiger partial charge in [0.1, 0.15) is 0 Å². The van der Waals surface area contributed by atoms with Crippen molar-refractivity contribution in [2.75, 3.05) is 19.7 Å². The predicted octanol–water partition coefficient (Wildman–Crippen LogP) is 2.82. The third-order valence-electron chi connectivity index (χ3n) is 5.29. The number of hydrogen-bond donors (Lipinski definition) is 0. The van der Waals surface area contributed by atoms with Crippen LogP contribution in [0.4, 0.5) is 0 Å². The monoisotopic (exact) mass is 339 g/mol. The Kier molecular flexibility index (Phi) is 5.06. The molecule has 132 valence electrons. The van der Waals surface area contributed by atoms with Crippen molar-refractivity contribution in [3.8, 4) is 0 Å². The van der Waals surface area contributed by atoms with Gasteiger partial charge >= 0.3 is 0 Å². The molecule has 2 saturated heterocycles. The molecule has 0 bridgehead atoms. The minimum Gasteiger partial charge on any atom is -0.372 e. The topological polar surface area (TPSA) is 47.5 Å². The molecular formula is C20H25N3O2. The van der Waals surface area contributed by atoms with Gasteiger partial charge in [0.25, 0.3) is 0 Å². The number of ether oxygens (including phenoxy) is 2. The zero-order chi connectivity index (χ0) is 17.0. The molecule has 25 heavy (non-hydrogen) atoms. The highest BCUT2D eigenvalue weighted by Gasteiger charge is 2.43. The van der Waals surface area contributed by atoms with Gasteiger partial charge in [-0.2, -0.15) is 0 Å². The van der Waals surface area contributed by atoms with Crippen LogP contribution in [0.1, 0.15) is 30.5 Å². The third-order valence-corrected chi connectivity index (χ3v) is 5.29. The molecule has 2 aliphatic rings. The van der Waals surface area contributed by atoms with Gasteiger partial charge in [0.05, 0.1) is 30.6 Å². The van der Waals surface area contributed by atoms with Gasteiger partial charge in [-0.15, -0.1) is 0 Å². The minimum absolute atomic E-state index is 0.0174. The molecule has 0 amide bonds. The standard InChI is InChI=1S/C20H25N3O2/c1-2-8-22-18(3-1)15-24-19-13-20(25-16-19)6-11-23(12-7-20)14-17-4-9-21-10-5-17/h1-5,8-10,19H,6-7,11-16H2. The molecule has 2 aromatic rings. The highest BCUT2D eigenvalue weighted by atomic mass is 16.6. The molecule has 0 N–H and O–H groups in total. The molecule has 2 aromatic heterocycles. The van der Waals surface area contributed by atoms with Crippen LogP contribution in [0.2, 0.25) is 0 Å². The highest BCUT2D eigenvalue weighted by Crippen LogP contribution is 2.37. The number of piperidine rings is 1. The molecule has 4 heterocycles. The molecule has 0 saturated carbocycles. The van der Waals surface area contributed by atoms with Crippen molar-refractivity contribution in [2.24, 2.45) is 0 Å². The number of pyridine rings is 2. The fraction of sp³-hybridized carbons (Fsp3) is 0.500. The van der Waals surface area contributed by atoms with Crippen LogP contribution in [0.15, 0.2) is 48.9 Å². The van der Waals surface area contributed by atoms with Crippen LogP contribution in [0.25, 0.3) is 0 Å². The van der Waals surface area contributed by atoms with Crippen molar-refractivity contribution < 1.29 is 9.47 Å². The van der Waals surface area contributed by atoms with Crippen LogP contribution in [-0.2, 0) is 22.6 Å². The van der Waals surface area contributed by atoms with Gasteiger partial charge < -0.3 is 9.47 Å². The van der Waals surface area contributed by atoms with Crippen molar-refractivity contribution in [1.29, 1.82) is 0 Å². The number of aromatic nitrogens is 2. The van der Waals surface area contributed by atoms with E-state index in [2.05, 4.69) is 27.0 Å². The van der Waals surface area contributed by atoms with E-state index in [1.807, 2.05) is 36.8 Å². The van der Waals surface area contributed by atoms with E-state index in [9.17, 15) is 0 Å². The van der Waals surface area contributed by atoms with Crippen LogP contribution in [0, 0.1) is 0 Å². The summed E-state index contributed by atoms with van der Waals surface area (Å²) in [7, 11) is 0. The second-order valence-corrected chi connectivity index (χ2v) is 7.08. The Hall–Kier alpha value is -1.82. The number of rotatable bonds is 5. The zero-order valence-electron chi connectivity index (χ0n) is 14.5. The van der Waals surface area contributed by atoms with E-state index in [4.69, 9.17) is 9.47 Å². The van der Waals surface area contributed by atoms with E-state index < -0.39 is 0 Å². The molecule has 1 spiro atoms. The largest absolute Gasteiger partial charge is 0.372 e. The molecule has 5 heteroatoms. The molecule has 0 radical (unpaired) electrons. The average Bonchev–Trinajstić information content (AvgIpc) is 3.07. The van der Waals surface area contributed by atoms with Crippen molar-refractivity contribution in [1.82, 2.24) is 14.9 Å². The van der Waals surface area contributed by atoms with E-state index in [-0.39, 0.29) is 11.7 Å². The minimum atomic E-state index is 0.0174. The quantitative estimate of drug-likeness (QED) is 0.838. The van der Waals surface area contributed by atoms with E-state index >= 15 is 0 Å². The molecule has 1 unspecified atom stereocenters. The van der Waals surface area contributed by atoms with Crippen molar-refractivity contribution in [3.63, 3.8) is 0 Å². The first kappa shape index (κ1) is 16.6. The van der Waals surface area contributed by atoms with Gasteiger partial charge in [0, 0.05) is 44.6 Å². The molecule has 0 aliphatic carbocycles. The van der Waals surface area contributed by atoms with Gasteiger partial charge in [0.15, 0.2) is 0 Å². The van der Waals surface area contributed by atoms with Crippen LogP contribution in [0.3, 0.4) is 0 Å². The Bertz CT molecular complexity index is 657. The van der Waals surface area contributed by atoms with Gasteiger partial charge in [-0.3, -0.25) is 14.9 Å². The Morgan fingerprint density at radius 2 is 1.96 bits per heavy atom. The average molecular weight is 339 g/mol. The van der Waals surface area contributed by atoms with E-state index in [0.717, 1.165) is 44.6 Å².